The monoisotopic (exact) mass is 255 g/mol. The van der Waals surface area contributed by atoms with Crippen LogP contribution in [0.1, 0.15) is 65.2 Å². The van der Waals surface area contributed by atoms with Crippen LogP contribution in [0.4, 0.5) is 0 Å². The van der Waals surface area contributed by atoms with Crippen LogP contribution in [0.25, 0.3) is 0 Å². The van der Waals surface area contributed by atoms with Gasteiger partial charge in [-0.2, -0.15) is 0 Å². The SMILES string of the molecule is CCCC(NCCC1CCCCC1)C(=O)OCC. The van der Waals surface area contributed by atoms with Gasteiger partial charge in [-0.25, -0.2) is 0 Å². The highest BCUT2D eigenvalue weighted by molar-refractivity contribution is 5.75. The topological polar surface area (TPSA) is 38.3 Å². The number of carbonyl (C=O) groups excluding carboxylic acids is 1. The van der Waals surface area contributed by atoms with Gasteiger partial charge < -0.3 is 10.1 Å². The lowest BCUT2D eigenvalue weighted by Gasteiger charge is -2.23. The molecule has 0 spiro atoms. The highest BCUT2D eigenvalue weighted by Gasteiger charge is 2.19. The lowest BCUT2D eigenvalue weighted by atomic mass is 9.87. The van der Waals surface area contributed by atoms with Gasteiger partial charge in [0.1, 0.15) is 6.04 Å². The highest BCUT2D eigenvalue weighted by Crippen LogP contribution is 2.25. The molecule has 0 aromatic carbocycles. The van der Waals surface area contributed by atoms with E-state index in [0.29, 0.717) is 6.61 Å². The van der Waals surface area contributed by atoms with E-state index in [4.69, 9.17) is 4.74 Å². The van der Waals surface area contributed by atoms with Crippen molar-refractivity contribution >= 4 is 5.97 Å². The summed E-state index contributed by atoms with van der Waals surface area (Å²) in [5.74, 6) is 0.790. The van der Waals surface area contributed by atoms with E-state index in [2.05, 4.69) is 12.2 Å². The van der Waals surface area contributed by atoms with E-state index >= 15 is 0 Å². The summed E-state index contributed by atoms with van der Waals surface area (Å²) in [5.41, 5.74) is 0. The summed E-state index contributed by atoms with van der Waals surface area (Å²) < 4.78 is 5.10. The fourth-order valence-corrected chi connectivity index (χ4v) is 2.77. The van der Waals surface area contributed by atoms with Crippen LogP contribution in [0.15, 0.2) is 0 Å². The van der Waals surface area contributed by atoms with E-state index in [1.807, 2.05) is 6.92 Å². The number of carbonyl (C=O) groups is 1. The van der Waals surface area contributed by atoms with E-state index in [0.717, 1.165) is 25.3 Å². The van der Waals surface area contributed by atoms with Gasteiger partial charge in [-0.3, -0.25) is 4.79 Å². The highest BCUT2D eigenvalue weighted by atomic mass is 16.5. The fraction of sp³-hybridized carbons (Fsp3) is 0.933. The van der Waals surface area contributed by atoms with Crippen molar-refractivity contribution < 1.29 is 9.53 Å². The molecule has 0 radical (unpaired) electrons. The predicted molar refractivity (Wildman–Crippen MR) is 74.5 cm³/mol. The number of ether oxygens (including phenoxy) is 1. The fourth-order valence-electron chi connectivity index (χ4n) is 2.77. The largest absolute Gasteiger partial charge is 0.465 e. The molecule has 3 nitrogen and oxygen atoms in total. The molecule has 1 unspecified atom stereocenters. The van der Waals surface area contributed by atoms with Gasteiger partial charge in [0.2, 0.25) is 0 Å². The van der Waals surface area contributed by atoms with Crippen LogP contribution in [0, 0.1) is 5.92 Å². The first-order valence-corrected chi connectivity index (χ1v) is 7.68. The minimum absolute atomic E-state index is 0.0806. The van der Waals surface area contributed by atoms with Crippen molar-refractivity contribution in [2.45, 2.75) is 71.3 Å². The minimum atomic E-state index is -0.0986. The third-order valence-corrected chi connectivity index (χ3v) is 3.82. The van der Waals surface area contributed by atoms with Gasteiger partial charge in [0.05, 0.1) is 6.61 Å². The second-order valence-electron chi connectivity index (χ2n) is 5.34. The smallest absolute Gasteiger partial charge is 0.323 e. The van der Waals surface area contributed by atoms with Gasteiger partial charge in [0.15, 0.2) is 0 Å². The number of nitrogens with one attached hydrogen (secondary N) is 1. The third-order valence-electron chi connectivity index (χ3n) is 3.82. The van der Waals surface area contributed by atoms with E-state index in [1.54, 1.807) is 0 Å². The zero-order valence-corrected chi connectivity index (χ0v) is 12.0. The van der Waals surface area contributed by atoms with E-state index < -0.39 is 0 Å². The molecular weight excluding hydrogens is 226 g/mol. The Morgan fingerprint density at radius 2 is 2.00 bits per heavy atom. The van der Waals surface area contributed by atoms with Crippen LogP contribution in [-0.2, 0) is 9.53 Å². The predicted octanol–water partition coefficient (Wildman–Crippen LogP) is 3.28. The second kappa shape index (κ2) is 9.37. The Hall–Kier alpha value is -0.570. The standard InChI is InChI=1S/C15H29NO2/c1-3-8-14(15(17)18-4-2)16-12-11-13-9-6-5-7-10-13/h13-14,16H,3-12H2,1-2H3. The average Bonchev–Trinajstić information content (AvgIpc) is 2.39. The van der Waals surface area contributed by atoms with Crippen LogP contribution in [0.3, 0.4) is 0 Å². The molecule has 3 heteroatoms. The molecular formula is C15H29NO2. The maximum absolute atomic E-state index is 11.7. The van der Waals surface area contributed by atoms with Crippen LogP contribution in [0.5, 0.6) is 0 Å². The van der Waals surface area contributed by atoms with E-state index in [-0.39, 0.29) is 12.0 Å². The lowest BCUT2D eigenvalue weighted by Crippen LogP contribution is -2.39. The minimum Gasteiger partial charge on any atom is -0.465 e. The van der Waals surface area contributed by atoms with Crippen molar-refractivity contribution in [1.29, 1.82) is 0 Å². The number of rotatable bonds is 8. The number of esters is 1. The van der Waals surface area contributed by atoms with Crippen molar-refractivity contribution in [2.24, 2.45) is 5.92 Å². The molecule has 0 aromatic heterocycles. The molecule has 0 amide bonds. The van der Waals surface area contributed by atoms with Crippen molar-refractivity contribution in [1.82, 2.24) is 5.32 Å². The Balaban J connectivity index is 2.21. The first-order valence-electron chi connectivity index (χ1n) is 7.68. The summed E-state index contributed by atoms with van der Waals surface area (Å²) in [7, 11) is 0. The molecule has 18 heavy (non-hydrogen) atoms. The van der Waals surface area contributed by atoms with Gasteiger partial charge in [-0.15, -0.1) is 0 Å². The maximum atomic E-state index is 11.7. The van der Waals surface area contributed by atoms with Crippen LogP contribution >= 0.6 is 0 Å². The van der Waals surface area contributed by atoms with E-state index in [1.165, 1.54) is 38.5 Å². The molecule has 1 N–H and O–H groups in total. The molecule has 1 aliphatic carbocycles. The van der Waals surface area contributed by atoms with Crippen LogP contribution in [-0.4, -0.2) is 25.2 Å². The molecule has 1 atom stereocenters. The van der Waals surface area contributed by atoms with Gasteiger partial charge in [0.25, 0.3) is 0 Å². The molecule has 0 saturated heterocycles. The normalized spacial score (nSPS) is 18.6. The van der Waals surface area contributed by atoms with Gasteiger partial charge in [-0.05, 0) is 32.2 Å². The van der Waals surface area contributed by atoms with Crippen LogP contribution < -0.4 is 5.32 Å². The molecule has 106 valence electrons. The summed E-state index contributed by atoms with van der Waals surface area (Å²) in [6, 6.07) is -0.0986. The molecule has 1 fully saturated rings. The molecule has 0 aromatic rings. The Morgan fingerprint density at radius 1 is 1.28 bits per heavy atom. The number of hydrogen-bond acceptors (Lipinski definition) is 3. The molecule has 1 saturated carbocycles. The second-order valence-corrected chi connectivity index (χ2v) is 5.34. The zero-order valence-electron chi connectivity index (χ0n) is 12.0. The molecule has 1 rings (SSSR count). The Kier molecular flexibility index (Phi) is 8.06. The van der Waals surface area contributed by atoms with Crippen molar-refractivity contribution in [2.75, 3.05) is 13.2 Å². The van der Waals surface area contributed by atoms with Gasteiger partial charge in [0, 0.05) is 0 Å². The van der Waals surface area contributed by atoms with E-state index in [9.17, 15) is 4.79 Å². The van der Waals surface area contributed by atoms with Gasteiger partial charge >= 0.3 is 5.97 Å². The maximum Gasteiger partial charge on any atom is 0.323 e. The molecule has 1 aliphatic rings. The summed E-state index contributed by atoms with van der Waals surface area (Å²) in [6.07, 6.45) is 10.0. The van der Waals surface area contributed by atoms with Crippen molar-refractivity contribution in [3.8, 4) is 0 Å². The molecule has 0 aliphatic heterocycles. The summed E-state index contributed by atoms with van der Waals surface area (Å²) in [6.45, 7) is 5.40. The molecule has 0 bridgehead atoms. The number of hydrogen-bond donors (Lipinski definition) is 1. The average molecular weight is 255 g/mol. The lowest BCUT2D eigenvalue weighted by molar-refractivity contribution is -0.145. The Labute approximate surface area is 112 Å². The van der Waals surface area contributed by atoms with Crippen LogP contribution in [0.2, 0.25) is 0 Å². The Bertz CT molecular complexity index is 225. The first kappa shape index (κ1) is 15.5. The summed E-state index contributed by atoms with van der Waals surface area (Å²) in [5, 5.41) is 3.38. The zero-order chi connectivity index (χ0) is 13.2. The quantitative estimate of drug-likeness (QED) is 0.676. The Morgan fingerprint density at radius 3 is 2.61 bits per heavy atom. The van der Waals surface area contributed by atoms with Gasteiger partial charge in [-0.1, -0.05) is 45.4 Å². The first-order chi connectivity index (χ1) is 8.77. The summed E-state index contributed by atoms with van der Waals surface area (Å²) >= 11 is 0. The molecule has 0 heterocycles. The third kappa shape index (κ3) is 5.85. The van der Waals surface area contributed by atoms with Crippen molar-refractivity contribution in [3.63, 3.8) is 0 Å². The van der Waals surface area contributed by atoms with Crippen molar-refractivity contribution in [3.05, 3.63) is 0 Å². The summed E-state index contributed by atoms with van der Waals surface area (Å²) in [4.78, 5) is 11.7.